The Hall–Kier alpha value is -1.82. The van der Waals surface area contributed by atoms with E-state index in [4.69, 9.17) is 23.2 Å². The minimum atomic E-state index is -1.46. The minimum Gasteiger partial charge on any atom is -0.357 e. The molecule has 4 nitrogen and oxygen atoms in total. The average Bonchev–Trinajstić information content (AvgIpc) is 2.88. The van der Waals surface area contributed by atoms with Crippen LogP contribution in [0.5, 0.6) is 0 Å². The smallest absolute Gasteiger partial charge is 0.255 e. The van der Waals surface area contributed by atoms with E-state index in [1.54, 1.807) is 23.1 Å². The number of hydrogen-bond donors (Lipinski definition) is 1. The monoisotopic (exact) mass is 420 g/mol. The first kappa shape index (κ1) is 19.9. The highest BCUT2D eigenvalue weighted by atomic mass is 35.5. The van der Waals surface area contributed by atoms with Crippen LogP contribution in [0, 0.1) is 0 Å². The molecule has 0 fully saturated rings. The second-order valence-corrected chi connectivity index (χ2v) is 14.2. The van der Waals surface area contributed by atoms with Gasteiger partial charge in [-0.15, -0.1) is 0 Å². The zero-order valence-electron chi connectivity index (χ0n) is 15.6. The van der Waals surface area contributed by atoms with Gasteiger partial charge in [0.15, 0.2) is 0 Å². The first-order valence-electron chi connectivity index (χ1n) is 8.79. The highest BCUT2D eigenvalue weighted by molar-refractivity contribution is 6.76. The number of nitrogens with zero attached hydrogens (tertiary/aromatic N) is 1. The second kappa shape index (κ2) is 7.66. The standard InChI is InChI=1S/C20H22Cl2N2O2Si/c1-27(2,3)12-23-19(25)18-14-6-4-5-7-15(14)20(26)24(18)11-13-8-9-16(21)17(22)10-13/h4-10,18H,11-12H2,1-3H3,(H,23,25). The number of hydrogen-bond acceptors (Lipinski definition) is 2. The fraction of sp³-hybridized carbons (Fsp3) is 0.300. The molecule has 27 heavy (non-hydrogen) atoms. The molecule has 2 aromatic carbocycles. The molecule has 0 aromatic heterocycles. The molecule has 142 valence electrons. The lowest BCUT2D eigenvalue weighted by Crippen LogP contribution is -2.45. The van der Waals surface area contributed by atoms with E-state index in [0.29, 0.717) is 21.8 Å². The van der Waals surface area contributed by atoms with Gasteiger partial charge in [-0.05, 0) is 29.3 Å². The summed E-state index contributed by atoms with van der Waals surface area (Å²) in [6.07, 6.45) is 0.666. The minimum absolute atomic E-state index is 0.143. The van der Waals surface area contributed by atoms with Gasteiger partial charge in [-0.25, -0.2) is 0 Å². The second-order valence-electron chi connectivity index (χ2n) is 7.95. The predicted molar refractivity (Wildman–Crippen MR) is 112 cm³/mol. The van der Waals surface area contributed by atoms with Gasteiger partial charge in [0.1, 0.15) is 6.04 Å². The molecule has 1 atom stereocenters. The third-order valence-electron chi connectivity index (χ3n) is 4.44. The molecule has 0 radical (unpaired) electrons. The van der Waals surface area contributed by atoms with Gasteiger partial charge in [0.25, 0.3) is 5.91 Å². The zero-order chi connectivity index (χ0) is 19.8. The number of nitrogens with one attached hydrogen (secondary N) is 1. The van der Waals surface area contributed by atoms with Crippen molar-refractivity contribution in [3.63, 3.8) is 0 Å². The van der Waals surface area contributed by atoms with Gasteiger partial charge >= 0.3 is 0 Å². The topological polar surface area (TPSA) is 49.4 Å². The van der Waals surface area contributed by atoms with E-state index in [2.05, 4.69) is 25.0 Å². The van der Waals surface area contributed by atoms with Crippen LogP contribution in [0.2, 0.25) is 29.7 Å². The van der Waals surface area contributed by atoms with E-state index < -0.39 is 14.1 Å². The molecule has 0 bridgehead atoms. The molecule has 1 aliphatic heterocycles. The third kappa shape index (κ3) is 4.37. The normalized spacial score (nSPS) is 16.4. The molecule has 1 unspecified atom stereocenters. The van der Waals surface area contributed by atoms with Gasteiger partial charge in [0.2, 0.25) is 5.91 Å². The Morgan fingerprint density at radius 3 is 2.48 bits per heavy atom. The Bertz CT molecular complexity index is 896. The Kier molecular flexibility index (Phi) is 5.65. The van der Waals surface area contributed by atoms with Crippen LogP contribution in [0.3, 0.4) is 0 Å². The molecule has 0 spiro atoms. The molecule has 0 aliphatic carbocycles. The third-order valence-corrected chi connectivity index (χ3v) is 6.41. The van der Waals surface area contributed by atoms with Crippen molar-refractivity contribution in [1.82, 2.24) is 10.2 Å². The molecular weight excluding hydrogens is 399 g/mol. The molecule has 1 aliphatic rings. The summed E-state index contributed by atoms with van der Waals surface area (Å²) >= 11 is 12.1. The fourth-order valence-corrected chi connectivity index (χ4v) is 4.12. The van der Waals surface area contributed by atoms with Crippen LogP contribution in [0.25, 0.3) is 0 Å². The van der Waals surface area contributed by atoms with Crippen LogP contribution in [0.15, 0.2) is 42.5 Å². The molecular formula is C20H22Cl2N2O2Si. The molecule has 0 saturated carbocycles. The van der Waals surface area contributed by atoms with E-state index in [1.807, 2.05) is 24.3 Å². The molecule has 2 aromatic rings. The van der Waals surface area contributed by atoms with E-state index >= 15 is 0 Å². The summed E-state index contributed by atoms with van der Waals surface area (Å²) < 4.78 is 0. The van der Waals surface area contributed by atoms with Crippen LogP contribution < -0.4 is 5.32 Å². The van der Waals surface area contributed by atoms with Crippen LogP contribution in [0.1, 0.15) is 27.5 Å². The van der Waals surface area contributed by atoms with Crippen molar-refractivity contribution < 1.29 is 9.59 Å². The van der Waals surface area contributed by atoms with Crippen LogP contribution >= 0.6 is 23.2 Å². The van der Waals surface area contributed by atoms with E-state index in [9.17, 15) is 9.59 Å². The van der Waals surface area contributed by atoms with Gasteiger partial charge in [-0.2, -0.15) is 0 Å². The number of amides is 2. The Morgan fingerprint density at radius 2 is 1.81 bits per heavy atom. The number of benzene rings is 2. The van der Waals surface area contributed by atoms with Crippen molar-refractivity contribution in [3.05, 3.63) is 69.2 Å². The lowest BCUT2D eigenvalue weighted by molar-refractivity contribution is -0.125. The van der Waals surface area contributed by atoms with Gasteiger partial charge in [0.05, 0.1) is 18.1 Å². The molecule has 3 rings (SSSR count). The zero-order valence-corrected chi connectivity index (χ0v) is 18.1. The molecule has 7 heteroatoms. The highest BCUT2D eigenvalue weighted by Gasteiger charge is 2.41. The number of carbonyl (C=O) groups excluding carboxylic acids is 2. The molecule has 1 heterocycles. The van der Waals surface area contributed by atoms with Crippen LogP contribution in [-0.4, -0.2) is 31.0 Å². The average molecular weight is 421 g/mol. The summed E-state index contributed by atoms with van der Waals surface area (Å²) in [5.74, 6) is -0.291. The van der Waals surface area contributed by atoms with Crippen LogP contribution in [0.4, 0.5) is 0 Å². The van der Waals surface area contributed by atoms with Gasteiger partial charge < -0.3 is 10.2 Å². The summed E-state index contributed by atoms with van der Waals surface area (Å²) in [5.41, 5.74) is 2.15. The largest absolute Gasteiger partial charge is 0.357 e. The van der Waals surface area contributed by atoms with E-state index in [0.717, 1.165) is 11.1 Å². The predicted octanol–water partition coefficient (Wildman–Crippen LogP) is 4.68. The highest BCUT2D eigenvalue weighted by Crippen LogP contribution is 2.35. The summed E-state index contributed by atoms with van der Waals surface area (Å²) in [4.78, 5) is 27.6. The lowest BCUT2D eigenvalue weighted by Gasteiger charge is -2.26. The Labute approximate surface area is 170 Å². The van der Waals surface area contributed by atoms with E-state index in [1.165, 1.54) is 0 Å². The Morgan fingerprint density at radius 1 is 1.11 bits per heavy atom. The van der Waals surface area contributed by atoms with Gasteiger partial charge in [0, 0.05) is 18.3 Å². The van der Waals surface area contributed by atoms with Crippen molar-refractivity contribution in [3.8, 4) is 0 Å². The SMILES string of the molecule is C[Si](C)(C)CNC(=O)C1c2ccccc2C(=O)N1Cc1ccc(Cl)c(Cl)c1. The summed E-state index contributed by atoms with van der Waals surface area (Å²) in [7, 11) is -1.46. The number of carbonyl (C=O) groups is 2. The maximum absolute atomic E-state index is 13.0. The lowest BCUT2D eigenvalue weighted by atomic mass is 10.0. The van der Waals surface area contributed by atoms with Crippen molar-refractivity contribution >= 4 is 43.1 Å². The van der Waals surface area contributed by atoms with Crippen molar-refractivity contribution in [2.45, 2.75) is 32.2 Å². The summed E-state index contributed by atoms with van der Waals surface area (Å²) in [6, 6.07) is 11.9. The first-order valence-corrected chi connectivity index (χ1v) is 13.3. The maximum Gasteiger partial charge on any atom is 0.255 e. The number of rotatable bonds is 5. The van der Waals surface area contributed by atoms with Crippen LogP contribution in [-0.2, 0) is 11.3 Å². The number of halogens is 2. The molecule has 2 amide bonds. The fourth-order valence-electron chi connectivity index (χ4n) is 3.10. The Balaban J connectivity index is 1.91. The quantitative estimate of drug-likeness (QED) is 0.713. The summed E-state index contributed by atoms with van der Waals surface area (Å²) in [6.45, 7) is 6.85. The van der Waals surface area contributed by atoms with Crippen molar-refractivity contribution in [1.29, 1.82) is 0 Å². The molecule has 0 saturated heterocycles. The van der Waals surface area contributed by atoms with Gasteiger partial charge in [-0.3, -0.25) is 9.59 Å². The summed E-state index contributed by atoms with van der Waals surface area (Å²) in [5, 5.41) is 3.93. The van der Waals surface area contributed by atoms with Crippen molar-refractivity contribution in [2.75, 3.05) is 6.17 Å². The van der Waals surface area contributed by atoms with E-state index in [-0.39, 0.29) is 18.4 Å². The first-order chi connectivity index (χ1) is 12.7. The van der Waals surface area contributed by atoms with Gasteiger partial charge in [-0.1, -0.05) is 67.1 Å². The van der Waals surface area contributed by atoms with Crippen molar-refractivity contribution in [2.24, 2.45) is 0 Å². The molecule has 1 N–H and O–H groups in total. The maximum atomic E-state index is 13.0. The number of fused-ring (bicyclic) bond motifs is 1.